The van der Waals surface area contributed by atoms with Crippen LogP contribution < -0.4 is 11.1 Å². The van der Waals surface area contributed by atoms with Crippen LogP contribution >= 0.6 is 0 Å². The molecule has 2 aromatic rings. The van der Waals surface area contributed by atoms with Gasteiger partial charge in [0.1, 0.15) is 0 Å². The van der Waals surface area contributed by atoms with Crippen molar-refractivity contribution in [2.45, 2.75) is 38.8 Å². The third kappa shape index (κ3) is 3.81. The minimum atomic E-state index is 0.0652. The molecule has 0 aliphatic heterocycles. The zero-order chi connectivity index (χ0) is 15.2. The summed E-state index contributed by atoms with van der Waals surface area (Å²) in [5, 5.41) is 4.60. The van der Waals surface area contributed by atoms with Crippen molar-refractivity contribution in [1.82, 2.24) is 10.3 Å². The lowest BCUT2D eigenvalue weighted by molar-refractivity contribution is 0.476. The van der Waals surface area contributed by atoms with Crippen molar-refractivity contribution in [1.29, 1.82) is 0 Å². The van der Waals surface area contributed by atoms with Gasteiger partial charge < -0.3 is 5.73 Å². The van der Waals surface area contributed by atoms with Crippen LogP contribution in [-0.4, -0.2) is 17.6 Å². The molecule has 1 aromatic heterocycles. The third-order valence-electron chi connectivity index (χ3n) is 3.67. The molecule has 2 rings (SSSR count). The van der Waals surface area contributed by atoms with Crippen LogP contribution in [0.3, 0.4) is 0 Å². The Morgan fingerprint density at radius 2 is 2.14 bits per heavy atom. The molecule has 0 spiro atoms. The van der Waals surface area contributed by atoms with Gasteiger partial charge in [-0.3, -0.25) is 10.3 Å². The maximum absolute atomic E-state index is 5.93. The van der Waals surface area contributed by atoms with Gasteiger partial charge in [0.2, 0.25) is 0 Å². The van der Waals surface area contributed by atoms with E-state index in [0.717, 1.165) is 35.0 Å². The van der Waals surface area contributed by atoms with E-state index in [-0.39, 0.29) is 12.1 Å². The second kappa shape index (κ2) is 7.21. The second-order valence-corrected chi connectivity index (χ2v) is 5.37. The first kappa shape index (κ1) is 15.5. The van der Waals surface area contributed by atoms with E-state index in [2.05, 4.69) is 41.3 Å². The summed E-state index contributed by atoms with van der Waals surface area (Å²) in [5.41, 5.74) is 9.12. The normalized spacial score (nSPS) is 13.8. The number of nitrogens with two attached hydrogens (primary N) is 1. The van der Waals surface area contributed by atoms with Crippen molar-refractivity contribution < 1.29 is 0 Å². The van der Waals surface area contributed by atoms with Crippen LogP contribution in [0.25, 0.3) is 10.9 Å². The molecule has 0 bridgehead atoms. The van der Waals surface area contributed by atoms with E-state index in [4.69, 9.17) is 12.2 Å². The van der Waals surface area contributed by atoms with Crippen molar-refractivity contribution in [2.24, 2.45) is 5.73 Å². The summed E-state index contributed by atoms with van der Waals surface area (Å²) in [6.45, 7) is 4.65. The van der Waals surface area contributed by atoms with Gasteiger partial charge in [0.05, 0.1) is 11.6 Å². The van der Waals surface area contributed by atoms with Crippen LogP contribution in [0.5, 0.6) is 0 Å². The van der Waals surface area contributed by atoms with Crippen molar-refractivity contribution >= 4 is 10.9 Å². The molecule has 0 radical (unpaired) electrons. The maximum atomic E-state index is 5.93. The Balaban J connectivity index is 2.25. The largest absolute Gasteiger partial charge is 0.329 e. The summed E-state index contributed by atoms with van der Waals surface area (Å²) in [5.74, 6) is 2.80. The fraction of sp³-hybridized carbons (Fsp3) is 0.389. The van der Waals surface area contributed by atoms with Crippen LogP contribution in [0.15, 0.2) is 30.3 Å². The Morgan fingerprint density at radius 3 is 2.81 bits per heavy atom. The molecule has 0 saturated heterocycles. The number of terminal acetylenes is 1. The monoisotopic (exact) mass is 281 g/mol. The zero-order valence-corrected chi connectivity index (χ0v) is 12.8. The molecule has 2 unspecified atom stereocenters. The lowest BCUT2D eigenvalue weighted by atomic mass is 10.0. The molecule has 0 aliphatic rings. The summed E-state index contributed by atoms with van der Waals surface area (Å²) >= 11 is 0. The van der Waals surface area contributed by atoms with Crippen molar-refractivity contribution in [3.05, 3.63) is 41.6 Å². The Kier molecular flexibility index (Phi) is 5.32. The fourth-order valence-electron chi connectivity index (χ4n) is 2.51. The summed E-state index contributed by atoms with van der Waals surface area (Å²) in [6, 6.07) is 10.5. The second-order valence-electron chi connectivity index (χ2n) is 5.37. The Bertz CT molecular complexity index is 642. The number of hydrogen-bond donors (Lipinski definition) is 2. The molecule has 0 saturated carbocycles. The number of benzene rings is 1. The highest BCUT2D eigenvalue weighted by Crippen LogP contribution is 2.20. The first-order valence-electron chi connectivity index (χ1n) is 7.47. The van der Waals surface area contributed by atoms with Crippen LogP contribution in [-0.2, 0) is 0 Å². The first-order chi connectivity index (χ1) is 10.2. The summed E-state index contributed by atoms with van der Waals surface area (Å²) in [6.07, 6.45) is 7.60. The van der Waals surface area contributed by atoms with E-state index in [0.29, 0.717) is 6.54 Å². The third-order valence-corrected chi connectivity index (χ3v) is 3.67. The van der Waals surface area contributed by atoms with Gasteiger partial charge in [0.15, 0.2) is 0 Å². The zero-order valence-electron chi connectivity index (χ0n) is 12.8. The van der Waals surface area contributed by atoms with Gasteiger partial charge in [0.25, 0.3) is 0 Å². The summed E-state index contributed by atoms with van der Waals surface area (Å²) < 4.78 is 0. The van der Waals surface area contributed by atoms with Crippen molar-refractivity contribution in [3.8, 4) is 12.3 Å². The fourth-order valence-corrected chi connectivity index (χ4v) is 2.51. The average Bonchev–Trinajstić information content (AvgIpc) is 2.51. The highest BCUT2D eigenvalue weighted by molar-refractivity contribution is 5.79. The molecule has 110 valence electrons. The molecule has 21 heavy (non-hydrogen) atoms. The van der Waals surface area contributed by atoms with Gasteiger partial charge in [-0.1, -0.05) is 31.4 Å². The number of nitrogens with one attached hydrogen (secondary N) is 1. The standard InChI is InChI=1S/C18H23N3/c1-4-6-16(5-2)21-18(12-19)15-9-10-17-14(11-15)8-7-13(3)20-17/h2,7-11,16,18,21H,4,6,12,19H2,1,3H3. The van der Waals surface area contributed by atoms with Gasteiger partial charge in [-0.15, -0.1) is 6.42 Å². The number of fused-ring (bicyclic) bond motifs is 1. The van der Waals surface area contributed by atoms with Crippen LogP contribution in [0.2, 0.25) is 0 Å². The predicted molar refractivity (Wildman–Crippen MR) is 88.9 cm³/mol. The predicted octanol–water partition coefficient (Wildman–Crippen LogP) is 2.93. The van der Waals surface area contributed by atoms with Crippen molar-refractivity contribution in [3.63, 3.8) is 0 Å². The van der Waals surface area contributed by atoms with Gasteiger partial charge >= 0.3 is 0 Å². The Morgan fingerprint density at radius 1 is 1.33 bits per heavy atom. The quantitative estimate of drug-likeness (QED) is 0.800. The Labute approximate surface area is 127 Å². The molecule has 2 atom stereocenters. The molecule has 1 aromatic carbocycles. The van der Waals surface area contributed by atoms with Crippen LogP contribution in [0, 0.1) is 19.3 Å². The molecule has 3 N–H and O–H groups in total. The van der Waals surface area contributed by atoms with E-state index >= 15 is 0 Å². The summed E-state index contributed by atoms with van der Waals surface area (Å²) in [7, 11) is 0. The van der Waals surface area contributed by atoms with E-state index in [1.165, 1.54) is 0 Å². The molecule has 3 nitrogen and oxygen atoms in total. The smallest absolute Gasteiger partial charge is 0.0705 e. The minimum absolute atomic E-state index is 0.0652. The van der Waals surface area contributed by atoms with Gasteiger partial charge in [-0.25, -0.2) is 0 Å². The minimum Gasteiger partial charge on any atom is -0.329 e. The van der Waals surface area contributed by atoms with E-state index in [1.54, 1.807) is 0 Å². The van der Waals surface area contributed by atoms with Crippen LogP contribution in [0.4, 0.5) is 0 Å². The Hall–Kier alpha value is -1.89. The first-order valence-corrected chi connectivity index (χ1v) is 7.47. The molecule has 0 aliphatic carbocycles. The van der Waals surface area contributed by atoms with E-state index in [9.17, 15) is 0 Å². The molecule has 0 fully saturated rings. The SMILES string of the molecule is C#CC(CCC)NC(CN)c1ccc2nc(C)ccc2c1. The number of aromatic nitrogens is 1. The van der Waals surface area contributed by atoms with Crippen LogP contribution in [0.1, 0.15) is 37.1 Å². The molecular formula is C18H23N3. The number of aryl methyl sites for hydroxylation is 1. The lowest BCUT2D eigenvalue weighted by Gasteiger charge is -2.22. The molecule has 3 heteroatoms. The number of rotatable bonds is 6. The molecule has 1 heterocycles. The number of hydrogen-bond acceptors (Lipinski definition) is 3. The summed E-state index contributed by atoms with van der Waals surface area (Å²) in [4.78, 5) is 4.52. The van der Waals surface area contributed by atoms with Gasteiger partial charge in [-0.05, 0) is 37.1 Å². The van der Waals surface area contributed by atoms with Crippen molar-refractivity contribution in [2.75, 3.05) is 6.54 Å². The van der Waals surface area contributed by atoms with E-state index in [1.807, 2.05) is 19.1 Å². The average molecular weight is 281 g/mol. The number of nitrogens with zero attached hydrogens (tertiary/aromatic N) is 1. The molecular weight excluding hydrogens is 258 g/mol. The lowest BCUT2D eigenvalue weighted by Crippen LogP contribution is -2.35. The topological polar surface area (TPSA) is 50.9 Å². The highest BCUT2D eigenvalue weighted by atomic mass is 15.0. The van der Waals surface area contributed by atoms with Gasteiger partial charge in [0, 0.05) is 23.7 Å². The van der Waals surface area contributed by atoms with Gasteiger partial charge in [-0.2, -0.15) is 0 Å². The maximum Gasteiger partial charge on any atom is 0.0705 e. The van der Waals surface area contributed by atoms with E-state index < -0.39 is 0 Å². The number of pyridine rings is 1. The molecule has 0 amide bonds. The highest BCUT2D eigenvalue weighted by Gasteiger charge is 2.14.